The molecule has 1 unspecified atom stereocenters. The minimum absolute atomic E-state index is 0.0111. The highest BCUT2D eigenvalue weighted by Gasteiger charge is 2.33. The lowest BCUT2D eigenvalue weighted by atomic mass is 10.0. The van der Waals surface area contributed by atoms with Gasteiger partial charge in [-0.05, 0) is 19.9 Å². The Morgan fingerprint density at radius 3 is 3.03 bits per heavy atom. The summed E-state index contributed by atoms with van der Waals surface area (Å²) in [5, 5.41) is 18.0. The Labute approximate surface area is 174 Å². The summed E-state index contributed by atoms with van der Waals surface area (Å²) in [6, 6.07) is 0. The van der Waals surface area contributed by atoms with Crippen LogP contribution in [-0.2, 0) is 35.6 Å². The summed E-state index contributed by atoms with van der Waals surface area (Å²) in [7, 11) is 1.99. The van der Waals surface area contributed by atoms with Crippen LogP contribution < -0.4 is 5.32 Å². The molecule has 0 radical (unpaired) electrons. The van der Waals surface area contributed by atoms with Crippen molar-refractivity contribution in [3.05, 3.63) is 29.1 Å². The van der Waals surface area contributed by atoms with Gasteiger partial charge in [-0.15, -0.1) is 10.2 Å². The maximum absolute atomic E-state index is 12.8. The lowest BCUT2D eigenvalue weighted by molar-refractivity contribution is -0.149. The van der Waals surface area contributed by atoms with Gasteiger partial charge in [0, 0.05) is 31.7 Å². The fourth-order valence-corrected chi connectivity index (χ4v) is 3.91. The molecule has 2 aliphatic heterocycles. The fourth-order valence-electron chi connectivity index (χ4n) is 3.91. The number of carbonyl (C=O) groups is 2. The summed E-state index contributed by atoms with van der Waals surface area (Å²) >= 11 is 0. The highest BCUT2D eigenvalue weighted by molar-refractivity contribution is 5.94. The normalized spacial score (nSPS) is 19.5. The molecule has 4 rings (SSSR count). The third kappa shape index (κ3) is 4.21. The third-order valence-corrected chi connectivity index (χ3v) is 5.57. The molecule has 1 fully saturated rings. The first-order valence-corrected chi connectivity index (χ1v) is 10.4. The zero-order chi connectivity index (χ0) is 21.1. The standard InChI is InChI=1S/C19H28N8O3/c1-3-5-27-12-21-23-16(27)9-20-18(28)17-13-4-6-26(10-14(13)22-24-17)19(29)15-11-25(2)7-8-30-15/h12,15H,3-11H2,1-2H3,(H,20,28)(H,22,24). The Balaban J connectivity index is 1.37. The van der Waals surface area contributed by atoms with E-state index in [9.17, 15) is 9.59 Å². The molecule has 11 nitrogen and oxygen atoms in total. The van der Waals surface area contributed by atoms with Gasteiger partial charge in [0.2, 0.25) is 0 Å². The van der Waals surface area contributed by atoms with Crippen molar-refractivity contribution < 1.29 is 14.3 Å². The zero-order valence-electron chi connectivity index (χ0n) is 17.4. The SMILES string of the molecule is CCCn1cnnc1CNC(=O)c1n[nH]c2c1CCN(C(=O)C1CN(C)CCO1)C2. The first kappa shape index (κ1) is 20.5. The van der Waals surface area contributed by atoms with Crippen LogP contribution >= 0.6 is 0 Å². The van der Waals surface area contributed by atoms with Gasteiger partial charge in [-0.1, -0.05) is 6.92 Å². The number of H-pyrrole nitrogens is 1. The first-order valence-electron chi connectivity index (χ1n) is 10.4. The summed E-state index contributed by atoms with van der Waals surface area (Å²) in [4.78, 5) is 29.4. The van der Waals surface area contributed by atoms with Crippen molar-refractivity contribution in [1.82, 2.24) is 40.1 Å². The van der Waals surface area contributed by atoms with Crippen LogP contribution in [0.5, 0.6) is 0 Å². The second-order valence-electron chi connectivity index (χ2n) is 7.78. The van der Waals surface area contributed by atoms with Gasteiger partial charge >= 0.3 is 0 Å². The van der Waals surface area contributed by atoms with Crippen molar-refractivity contribution in [2.24, 2.45) is 0 Å². The van der Waals surface area contributed by atoms with E-state index in [0.717, 1.165) is 30.8 Å². The van der Waals surface area contributed by atoms with Crippen LogP contribution in [0.4, 0.5) is 0 Å². The molecule has 2 aromatic rings. The first-order chi connectivity index (χ1) is 14.6. The molecule has 30 heavy (non-hydrogen) atoms. The maximum atomic E-state index is 12.8. The number of morpholine rings is 1. The number of carbonyl (C=O) groups excluding carboxylic acids is 2. The molecule has 162 valence electrons. The van der Waals surface area contributed by atoms with Gasteiger partial charge in [0.25, 0.3) is 11.8 Å². The average molecular weight is 416 g/mol. The van der Waals surface area contributed by atoms with Gasteiger partial charge in [0.15, 0.2) is 11.5 Å². The van der Waals surface area contributed by atoms with Crippen LogP contribution in [-0.4, -0.2) is 86.0 Å². The maximum Gasteiger partial charge on any atom is 0.272 e. The lowest BCUT2D eigenvalue weighted by Crippen LogP contribution is -2.50. The predicted octanol–water partition coefficient (Wildman–Crippen LogP) is -0.443. The van der Waals surface area contributed by atoms with Crippen molar-refractivity contribution in [2.45, 2.75) is 45.5 Å². The minimum Gasteiger partial charge on any atom is -0.366 e. The molecule has 2 aromatic heterocycles. The molecule has 4 heterocycles. The predicted molar refractivity (Wildman–Crippen MR) is 106 cm³/mol. The molecule has 0 aliphatic carbocycles. The molecular weight excluding hydrogens is 388 g/mol. The lowest BCUT2D eigenvalue weighted by Gasteiger charge is -2.34. The minimum atomic E-state index is -0.434. The number of amides is 2. The summed E-state index contributed by atoms with van der Waals surface area (Å²) in [6.45, 7) is 6.11. The van der Waals surface area contributed by atoms with Crippen molar-refractivity contribution in [2.75, 3.05) is 33.3 Å². The molecule has 2 N–H and O–H groups in total. The third-order valence-electron chi connectivity index (χ3n) is 5.57. The van der Waals surface area contributed by atoms with Gasteiger partial charge in [0.05, 0.1) is 25.4 Å². The van der Waals surface area contributed by atoms with Gasteiger partial charge in [0.1, 0.15) is 12.4 Å². The molecule has 1 saturated heterocycles. The Bertz CT molecular complexity index is 907. The summed E-state index contributed by atoms with van der Waals surface area (Å²) in [5.41, 5.74) is 2.05. The van der Waals surface area contributed by atoms with Gasteiger partial charge < -0.3 is 24.4 Å². The van der Waals surface area contributed by atoms with E-state index in [0.29, 0.717) is 44.2 Å². The summed E-state index contributed by atoms with van der Waals surface area (Å²) < 4.78 is 7.58. The number of likely N-dealkylation sites (N-methyl/N-ethyl adjacent to an activating group) is 1. The van der Waals surface area contributed by atoms with Gasteiger partial charge in [-0.25, -0.2) is 0 Å². The van der Waals surface area contributed by atoms with E-state index >= 15 is 0 Å². The van der Waals surface area contributed by atoms with Crippen LogP contribution in [0, 0.1) is 0 Å². The Hall–Kier alpha value is -2.79. The van der Waals surface area contributed by atoms with E-state index in [1.54, 1.807) is 11.2 Å². The smallest absolute Gasteiger partial charge is 0.272 e. The van der Waals surface area contributed by atoms with Crippen molar-refractivity contribution in [1.29, 1.82) is 0 Å². The summed E-state index contributed by atoms with van der Waals surface area (Å²) in [6.07, 6.45) is 2.77. The van der Waals surface area contributed by atoms with Crippen LogP contribution in [0.2, 0.25) is 0 Å². The van der Waals surface area contributed by atoms with Gasteiger partial charge in [-0.2, -0.15) is 5.10 Å². The number of nitrogens with zero attached hydrogens (tertiary/aromatic N) is 6. The average Bonchev–Trinajstić information content (AvgIpc) is 3.38. The number of ether oxygens (including phenoxy) is 1. The number of fused-ring (bicyclic) bond motifs is 1. The van der Waals surface area contributed by atoms with E-state index in [2.05, 4.69) is 37.5 Å². The Morgan fingerprint density at radius 1 is 1.37 bits per heavy atom. The van der Waals surface area contributed by atoms with Crippen molar-refractivity contribution in [3.8, 4) is 0 Å². The number of aromatic nitrogens is 5. The van der Waals surface area contributed by atoms with Crippen LogP contribution in [0.25, 0.3) is 0 Å². The monoisotopic (exact) mass is 416 g/mol. The van der Waals surface area contributed by atoms with Gasteiger partial charge in [-0.3, -0.25) is 14.7 Å². The molecule has 0 aromatic carbocycles. The van der Waals surface area contributed by atoms with Crippen LogP contribution in [0.1, 0.15) is 40.9 Å². The second kappa shape index (κ2) is 8.92. The number of hydrogen-bond donors (Lipinski definition) is 2. The molecule has 11 heteroatoms. The largest absolute Gasteiger partial charge is 0.366 e. The molecule has 1 atom stereocenters. The zero-order valence-corrected chi connectivity index (χ0v) is 17.4. The molecular formula is C19H28N8O3. The fraction of sp³-hybridized carbons (Fsp3) is 0.632. The highest BCUT2D eigenvalue weighted by atomic mass is 16.5. The van der Waals surface area contributed by atoms with E-state index in [1.165, 1.54) is 0 Å². The number of rotatable bonds is 6. The van der Waals surface area contributed by atoms with E-state index < -0.39 is 6.10 Å². The van der Waals surface area contributed by atoms with Crippen molar-refractivity contribution >= 4 is 11.8 Å². The highest BCUT2D eigenvalue weighted by Crippen LogP contribution is 2.22. The molecule has 0 saturated carbocycles. The number of aromatic amines is 1. The second-order valence-corrected chi connectivity index (χ2v) is 7.78. The van der Waals surface area contributed by atoms with Crippen LogP contribution in [0.15, 0.2) is 6.33 Å². The topological polar surface area (TPSA) is 121 Å². The molecule has 0 spiro atoms. The Kier molecular flexibility index (Phi) is 6.09. The van der Waals surface area contributed by atoms with Crippen molar-refractivity contribution in [3.63, 3.8) is 0 Å². The molecule has 2 aliphatic rings. The number of hydrogen-bond acceptors (Lipinski definition) is 7. The molecule has 2 amide bonds. The van der Waals surface area contributed by atoms with Crippen LogP contribution in [0.3, 0.4) is 0 Å². The Morgan fingerprint density at radius 2 is 2.23 bits per heavy atom. The van der Waals surface area contributed by atoms with E-state index in [1.807, 2.05) is 11.6 Å². The quantitative estimate of drug-likeness (QED) is 0.655. The van der Waals surface area contributed by atoms with E-state index in [-0.39, 0.29) is 18.4 Å². The number of aryl methyl sites for hydroxylation is 1. The number of nitrogens with one attached hydrogen (secondary N) is 2. The van der Waals surface area contributed by atoms with E-state index in [4.69, 9.17) is 4.74 Å². The molecule has 0 bridgehead atoms. The summed E-state index contributed by atoms with van der Waals surface area (Å²) in [5.74, 6) is 0.447.